The molecule has 1 fully saturated rings. The molecule has 1 aliphatic rings. The van der Waals surface area contributed by atoms with Gasteiger partial charge in [0.1, 0.15) is 5.75 Å². The van der Waals surface area contributed by atoms with Crippen LogP contribution in [0.3, 0.4) is 0 Å². The van der Waals surface area contributed by atoms with Gasteiger partial charge in [0.15, 0.2) is 0 Å². The van der Waals surface area contributed by atoms with Gasteiger partial charge in [0.25, 0.3) is 5.91 Å². The highest BCUT2D eigenvalue weighted by molar-refractivity contribution is 6.31. The minimum absolute atomic E-state index is 0.0947. The van der Waals surface area contributed by atoms with Gasteiger partial charge in [-0.1, -0.05) is 29.8 Å². The van der Waals surface area contributed by atoms with Gasteiger partial charge < -0.3 is 15.0 Å². The molecule has 2 aromatic rings. The number of hydrogen-bond donors (Lipinski definition) is 1. The van der Waals surface area contributed by atoms with E-state index in [1.165, 1.54) is 12.0 Å². The van der Waals surface area contributed by atoms with Gasteiger partial charge in [-0.2, -0.15) is 0 Å². The van der Waals surface area contributed by atoms with Gasteiger partial charge in [0, 0.05) is 30.6 Å². The zero-order valence-corrected chi connectivity index (χ0v) is 15.7. The number of nitrogens with zero attached hydrogens (tertiary/aromatic N) is 1. The molecule has 0 bridgehead atoms. The molecule has 1 aliphatic carbocycles. The Balaban J connectivity index is 1.76. The lowest BCUT2D eigenvalue weighted by atomic mass is 10.1. The van der Waals surface area contributed by atoms with Crippen molar-refractivity contribution >= 4 is 29.1 Å². The van der Waals surface area contributed by atoms with Gasteiger partial charge in [-0.25, -0.2) is 0 Å². The van der Waals surface area contributed by atoms with E-state index < -0.39 is 0 Å². The maximum absolute atomic E-state index is 12.6. The summed E-state index contributed by atoms with van der Waals surface area (Å²) in [5.41, 5.74) is 1.98. The van der Waals surface area contributed by atoms with Gasteiger partial charge in [0.2, 0.25) is 5.91 Å². The molecule has 0 spiro atoms. The van der Waals surface area contributed by atoms with Gasteiger partial charge in [-0.05, 0) is 42.2 Å². The van der Waals surface area contributed by atoms with E-state index in [9.17, 15) is 9.59 Å². The van der Waals surface area contributed by atoms with Crippen LogP contribution in [0.15, 0.2) is 42.5 Å². The molecule has 6 heteroatoms. The van der Waals surface area contributed by atoms with E-state index in [-0.39, 0.29) is 23.7 Å². The molecule has 0 radical (unpaired) electrons. The number of carbonyl (C=O) groups excluding carboxylic acids is 2. The predicted molar refractivity (Wildman–Crippen MR) is 102 cm³/mol. The highest BCUT2D eigenvalue weighted by Crippen LogP contribution is 2.50. The average molecular weight is 373 g/mol. The Labute approximate surface area is 157 Å². The molecule has 0 unspecified atom stereocenters. The molecule has 2 aromatic carbocycles. The summed E-state index contributed by atoms with van der Waals surface area (Å²) in [6.07, 6.45) is 0.758. The van der Waals surface area contributed by atoms with Crippen molar-refractivity contribution in [3.05, 3.63) is 58.6 Å². The third kappa shape index (κ3) is 3.68. The summed E-state index contributed by atoms with van der Waals surface area (Å²) in [6, 6.07) is 12.6. The fourth-order valence-electron chi connectivity index (χ4n) is 3.03. The smallest absolute Gasteiger partial charge is 0.253 e. The molecule has 0 saturated heterocycles. The third-order valence-electron chi connectivity index (χ3n) is 4.54. The first-order chi connectivity index (χ1) is 12.4. The van der Waals surface area contributed by atoms with Crippen molar-refractivity contribution in [3.8, 4) is 5.75 Å². The van der Waals surface area contributed by atoms with E-state index in [0.29, 0.717) is 22.0 Å². The van der Waals surface area contributed by atoms with E-state index in [4.69, 9.17) is 16.3 Å². The minimum atomic E-state index is -0.136. The van der Waals surface area contributed by atoms with Crippen molar-refractivity contribution in [1.29, 1.82) is 0 Å². The maximum Gasteiger partial charge on any atom is 0.253 e. The van der Waals surface area contributed by atoms with Crippen LogP contribution in [0.25, 0.3) is 0 Å². The lowest BCUT2D eigenvalue weighted by Gasteiger charge is -2.14. The van der Waals surface area contributed by atoms with Crippen LogP contribution in [-0.4, -0.2) is 37.9 Å². The molecule has 2 amide bonds. The Hall–Kier alpha value is -2.53. The number of anilines is 1. The zero-order chi connectivity index (χ0) is 18.8. The average Bonchev–Trinajstić information content (AvgIpc) is 3.42. The van der Waals surface area contributed by atoms with Crippen LogP contribution in [0.5, 0.6) is 5.75 Å². The maximum atomic E-state index is 12.6. The van der Waals surface area contributed by atoms with E-state index in [2.05, 4.69) is 5.32 Å². The second kappa shape index (κ2) is 7.38. The molecular formula is C20H21ClN2O3. The molecule has 5 nitrogen and oxygen atoms in total. The summed E-state index contributed by atoms with van der Waals surface area (Å²) in [5.74, 6) is 0.281. The first-order valence-electron chi connectivity index (χ1n) is 8.37. The van der Waals surface area contributed by atoms with Crippen LogP contribution in [0.2, 0.25) is 5.02 Å². The van der Waals surface area contributed by atoms with E-state index in [1.807, 2.05) is 24.3 Å². The Kier molecular flexibility index (Phi) is 5.18. The SMILES string of the molecule is COc1ccc(C(=O)N(C)C)cc1NC(=O)[C@@H]1C[C@@H]1c1ccccc1Cl. The second-order valence-corrected chi connectivity index (χ2v) is 6.98. The molecular weight excluding hydrogens is 352 g/mol. The standard InChI is InChI=1S/C20H21ClN2O3/c1-23(2)20(25)12-8-9-18(26-3)17(10-12)22-19(24)15-11-14(15)13-6-4-5-7-16(13)21/h4-10,14-15H,11H2,1-3H3,(H,22,24)/t14-,15-/m1/s1. The summed E-state index contributed by atoms with van der Waals surface area (Å²) in [4.78, 5) is 26.3. The van der Waals surface area contributed by atoms with E-state index in [1.54, 1.807) is 32.3 Å². The summed E-state index contributed by atoms with van der Waals surface area (Å²) in [6.45, 7) is 0. The summed E-state index contributed by atoms with van der Waals surface area (Å²) < 4.78 is 5.31. The molecule has 3 rings (SSSR count). The highest BCUT2D eigenvalue weighted by atomic mass is 35.5. The van der Waals surface area contributed by atoms with Crippen LogP contribution in [0.4, 0.5) is 5.69 Å². The van der Waals surface area contributed by atoms with Crippen LogP contribution < -0.4 is 10.1 Å². The number of amides is 2. The fourth-order valence-corrected chi connectivity index (χ4v) is 3.30. The van der Waals surface area contributed by atoms with E-state index >= 15 is 0 Å². The quantitative estimate of drug-likeness (QED) is 0.868. The number of methoxy groups -OCH3 is 1. The monoisotopic (exact) mass is 372 g/mol. The van der Waals surface area contributed by atoms with Gasteiger partial charge in [-0.3, -0.25) is 9.59 Å². The Morgan fingerprint density at radius 1 is 1.19 bits per heavy atom. The fraction of sp³-hybridized carbons (Fsp3) is 0.300. The van der Waals surface area contributed by atoms with Crippen molar-refractivity contribution in [2.75, 3.05) is 26.5 Å². The van der Waals surface area contributed by atoms with Crippen LogP contribution >= 0.6 is 11.6 Å². The largest absolute Gasteiger partial charge is 0.495 e. The number of ether oxygens (including phenoxy) is 1. The zero-order valence-electron chi connectivity index (χ0n) is 15.0. The first kappa shape index (κ1) is 18.3. The molecule has 0 aliphatic heterocycles. The lowest BCUT2D eigenvalue weighted by Crippen LogP contribution is -2.22. The summed E-state index contributed by atoms with van der Waals surface area (Å²) in [7, 11) is 4.90. The highest BCUT2D eigenvalue weighted by Gasteiger charge is 2.45. The number of carbonyl (C=O) groups is 2. The lowest BCUT2D eigenvalue weighted by molar-refractivity contribution is -0.117. The minimum Gasteiger partial charge on any atom is -0.495 e. The van der Waals surface area contributed by atoms with Crippen molar-refractivity contribution in [3.63, 3.8) is 0 Å². The number of halogens is 1. The molecule has 1 saturated carbocycles. The summed E-state index contributed by atoms with van der Waals surface area (Å²) >= 11 is 6.23. The van der Waals surface area contributed by atoms with Gasteiger partial charge >= 0.3 is 0 Å². The molecule has 2 atom stereocenters. The van der Waals surface area contributed by atoms with Crippen molar-refractivity contribution in [2.45, 2.75) is 12.3 Å². The number of hydrogen-bond acceptors (Lipinski definition) is 3. The molecule has 136 valence electrons. The Morgan fingerprint density at radius 2 is 1.92 bits per heavy atom. The third-order valence-corrected chi connectivity index (χ3v) is 4.89. The molecule has 1 N–H and O–H groups in total. The topological polar surface area (TPSA) is 58.6 Å². The molecule has 26 heavy (non-hydrogen) atoms. The predicted octanol–water partition coefficient (Wildman–Crippen LogP) is 3.79. The number of benzene rings is 2. The Bertz CT molecular complexity index is 851. The van der Waals surface area contributed by atoms with Gasteiger partial charge in [0.05, 0.1) is 12.8 Å². The normalized spacial score (nSPS) is 18.2. The van der Waals surface area contributed by atoms with Crippen LogP contribution in [-0.2, 0) is 4.79 Å². The van der Waals surface area contributed by atoms with Crippen LogP contribution in [0.1, 0.15) is 28.3 Å². The Morgan fingerprint density at radius 3 is 2.58 bits per heavy atom. The van der Waals surface area contributed by atoms with Gasteiger partial charge in [-0.15, -0.1) is 0 Å². The molecule has 0 aromatic heterocycles. The van der Waals surface area contributed by atoms with Crippen molar-refractivity contribution < 1.29 is 14.3 Å². The first-order valence-corrected chi connectivity index (χ1v) is 8.75. The summed E-state index contributed by atoms with van der Waals surface area (Å²) in [5, 5.41) is 3.58. The van der Waals surface area contributed by atoms with E-state index in [0.717, 1.165) is 12.0 Å². The number of rotatable bonds is 5. The second-order valence-electron chi connectivity index (χ2n) is 6.57. The number of nitrogens with one attached hydrogen (secondary N) is 1. The van der Waals surface area contributed by atoms with Crippen LogP contribution in [0, 0.1) is 5.92 Å². The van der Waals surface area contributed by atoms with Crippen molar-refractivity contribution in [1.82, 2.24) is 4.90 Å². The molecule has 0 heterocycles. The van der Waals surface area contributed by atoms with Crippen molar-refractivity contribution in [2.24, 2.45) is 5.92 Å².